The Bertz CT molecular complexity index is 478. The molecule has 1 heterocycles. The van der Waals surface area contributed by atoms with E-state index in [4.69, 9.17) is 0 Å². The van der Waals surface area contributed by atoms with Crippen molar-refractivity contribution >= 4 is 17.3 Å². The fourth-order valence-corrected chi connectivity index (χ4v) is 1.75. The Morgan fingerprint density at radius 2 is 2.24 bits per heavy atom. The molecule has 1 aromatic rings. The van der Waals surface area contributed by atoms with Gasteiger partial charge in [0.1, 0.15) is 11.5 Å². The molecule has 0 bridgehead atoms. The maximum absolute atomic E-state index is 13.1. The SMILES string of the molecule is O=C1CN(c2cc(F)ccc2[N+](=O)[O-])CCN1. The Labute approximate surface area is 96.2 Å². The Morgan fingerprint density at radius 1 is 1.47 bits per heavy atom. The standard InChI is InChI=1S/C10H10FN3O3/c11-7-1-2-8(14(16)17)9(5-7)13-4-3-12-10(15)6-13/h1-2,5H,3-4,6H2,(H,12,15). The van der Waals surface area contributed by atoms with Gasteiger partial charge in [-0.3, -0.25) is 14.9 Å². The molecule has 90 valence electrons. The van der Waals surface area contributed by atoms with E-state index < -0.39 is 10.7 Å². The molecule has 0 atom stereocenters. The third-order valence-electron chi connectivity index (χ3n) is 2.51. The van der Waals surface area contributed by atoms with Crippen LogP contribution in [0.25, 0.3) is 0 Å². The van der Waals surface area contributed by atoms with Crippen molar-refractivity contribution in [2.75, 3.05) is 24.5 Å². The number of anilines is 1. The molecule has 1 fully saturated rings. The van der Waals surface area contributed by atoms with Gasteiger partial charge >= 0.3 is 0 Å². The minimum Gasteiger partial charge on any atom is -0.355 e. The normalized spacial score (nSPS) is 15.6. The van der Waals surface area contributed by atoms with Crippen LogP contribution in [0.15, 0.2) is 18.2 Å². The Morgan fingerprint density at radius 3 is 2.88 bits per heavy atom. The first-order valence-electron chi connectivity index (χ1n) is 5.03. The summed E-state index contributed by atoms with van der Waals surface area (Å²) in [5, 5.41) is 13.4. The van der Waals surface area contributed by atoms with Crippen molar-refractivity contribution in [1.82, 2.24) is 5.32 Å². The van der Waals surface area contributed by atoms with Crippen LogP contribution in [0.1, 0.15) is 0 Å². The minimum absolute atomic E-state index is 0.00426. The summed E-state index contributed by atoms with van der Waals surface area (Å²) >= 11 is 0. The summed E-state index contributed by atoms with van der Waals surface area (Å²) in [6.07, 6.45) is 0. The summed E-state index contributed by atoms with van der Waals surface area (Å²) in [6, 6.07) is 3.22. The molecule has 7 heteroatoms. The van der Waals surface area contributed by atoms with E-state index in [0.717, 1.165) is 18.2 Å². The molecule has 0 aromatic heterocycles. The fourth-order valence-electron chi connectivity index (χ4n) is 1.75. The number of halogens is 1. The molecular weight excluding hydrogens is 229 g/mol. The van der Waals surface area contributed by atoms with Crippen LogP contribution in [0, 0.1) is 15.9 Å². The van der Waals surface area contributed by atoms with E-state index in [2.05, 4.69) is 5.32 Å². The van der Waals surface area contributed by atoms with E-state index in [9.17, 15) is 19.3 Å². The number of nitrogens with zero attached hydrogens (tertiary/aromatic N) is 2. The number of carbonyl (C=O) groups is 1. The van der Waals surface area contributed by atoms with Gasteiger partial charge in [-0.05, 0) is 6.07 Å². The zero-order valence-corrected chi connectivity index (χ0v) is 8.85. The van der Waals surface area contributed by atoms with Gasteiger partial charge in [-0.15, -0.1) is 0 Å². The van der Waals surface area contributed by atoms with Gasteiger partial charge < -0.3 is 10.2 Å². The molecular formula is C10H10FN3O3. The molecule has 1 aliphatic heterocycles. The molecule has 6 nitrogen and oxygen atoms in total. The number of benzene rings is 1. The number of hydrogen-bond acceptors (Lipinski definition) is 4. The van der Waals surface area contributed by atoms with E-state index in [1.54, 1.807) is 0 Å². The monoisotopic (exact) mass is 239 g/mol. The number of nitrogens with one attached hydrogen (secondary N) is 1. The van der Waals surface area contributed by atoms with E-state index >= 15 is 0 Å². The lowest BCUT2D eigenvalue weighted by atomic mass is 10.2. The largest absolute Gasteiger partial charge is 0.355 e. The summed E-state index contributed by atoms with van der Waals surface area (Å²) in [4.78, 5) is 22.9. The van der Waals surface area contributed by atoms with E-state index in [0.29, 0.717) is 13.1 Å². The molecule has 1 aliphatic rings. The van der Waals surface area contributed by atoms with Gasteiger partial charge in [0.05, 0.1) is 11.5 Å². The van der Waals surface area contributed by atoms with Crippen LogP contribution in [0.5, 0.6) is 0 Å². The first kappa shape index (κ1) is 11.3. The van der Waals surface area contributed by atoms with E-state index in [1.165, 1.54) is 4.90 Å². The summed E-state index contributed by atoms with van der Waals surface area (Å²) < 4.78 is 13.1. The van der Waals surface area contributed by atoms with E-state index in [-0.39, 0.29) is 23.8 Å². The Balaban J connectivity index is 2.38. The quantitative estimate of drug-likeness (QED) is 0.608. The molecule has 2 rings (SSSR count). The minimum atomic E-state index is -0.582. The average molecular weight is 239 g/mol. The lowest BCUT2D eigenvalue weighted by Gasteiger charge is -2.28. The lowest BCUT2D eigenvalue weighted by Crippen LogP contribution is -2.47. The number of nitro groups is 1. The predicted molar refractivity (Wildman–Crippen MR) is 58.3 cm³/mol. The second kappa shape index (κ2) is 4.36. The average Bonchev–Trinajstić information content (AvgIpc) is 2.28. The second-order valence-electron chi connectivity index (χ2n) is 3.66. The summed E-state index contributed by atoms with van der Waals surface area (Å²) in [5.41, 5.74) is -0.0500. The highest BCUT2D eigenvalue weighted by Crippen LogP contribution is 2.29. The molecule has 1 amide bonds. The first-order chi connectivity index (χ1) is 8.08. The molecule has 1 N–H and O–H groups in total. The molecule has 0 radical (unpaired) electrons. The third-order valence-corrected chi connectivity index (χ3v) is 2.51. The molecule has 0 saturated carbocycles. The molecule has 1 saturated heterocycles. The number of nitro benzene ring substituents is 1. The van der Waals surface area contributed by atoms with Crippen molar-refractivity contribution in [2.24, 2.45) is 0 Å². The van der Waals surface area contributed by atoms with Gasteiger partial charge in [-0.2, -0.15) is 0 Å². The van der Waals surface area contributed by atoms with E-state index in [1.807, 2.05) is 0 Å². The van der Waals surface area contributed by atoms with Crippen LogP contribution in [0.4, 0.5) is 15.8 Å². The van der Waals surface area contributed by atoms with Crippen LogP contribution in [0.3, 0.4) is 0 Å². The van der Waals surface area contributed by atoms with Crippen molar-refractivity contribution in [3.8, 4) is 0 Å². The van der Waals surface area contributed by atoms with Crippen molar-refractivity contribution < 1.29 is 14.1 Å². The van der Waals surface area contributed by atoms with Crippen LogP contribution in [0.2, 0.25) is 0 Å². The van der Waals surface area contributed by atoms with Gasteiger partial charge in [0, 0.05) is 25.2 Å². The summed E-state index contributed by atoms with van der Waals surface area (Å²) in [7, 11) is 0. The molecule has 0 aliphatic carbocycles. The number of rotatable bonds is 2. The highest BCUT2D eigenvalue weighted by atomic mass is 19.1. The van der Waals surface area contributed by atoms with Crippen molar-refractivity contribution in [2.45, 2.75) is 0 Å². The van der Waals surface area contributed by atoms with Crippen molar-refractivity contribution in [1.29, 1.82) is 0 Å². The van der Waals surface area contributed by atoms with Crippen LogP contribution in [-0.2, 0) is 4.79 Å². The second-order valence-corrected chi connectivity index (χ2v) is 3.66. The number of piperazine rings is 1. The van der Waals surface area contributed by atoms with Crippen LogP contribution in [-0.4, -0.2) is 30.5 Å². The fraction of sp³-hybridized carbons (Fsp3) is 0.300. The van der Waals surface area contributed by atoms with Gasteiger partial charge in [0.2, 0.25) is 5.91 Å². The van der Waals surface area contributed by atoms with Crippen molar-refractivity contribution in [3.05, 3.63) is 34.1 Å². The van der Waals surface area contributed by atoms with Crippen molar-refractivity contribution in [3.63, 3.8) is 0 Å². The summed E-state index contributed by atoms with van der Waals surface area (Å²) in [5.74, 6) is -0.786. The van der Waals surface area contributed by atoms with Crippen LogP contribution >= 0.6 is 0 Å². The zero-order chi connectivity index (χ0) is 12.4. The summed E-state index contributed by atoms with van der Waals surface area (Å²) in [6.45, 7) is 0.826. The number of amides is 1. The molecule has 17 heavy (non-hydrogen) atoms. The highest BCUT2D eigenvalue weighted by molar-refractivity contribution is 5.83. The topological polar surface area (TPSA) is 75.5 Å². The number of carbonyl (C=O) groups excluding carboxylic acids is 1. The maximum atomic E-state index is 13.1. The predicted octanol–water partition coefficient (Wildman–Crippen LogP) is 0.670. The third kappa shape index (κ3) is 2.32. The Kier molecular flexibility index (Phi) is 2.90. The lowest BCUT2D eigenvalue weighted by molar-refractivity contribution is -0.384. The molecule has 0 spiro atoms. The zero-order valence-electron chi connectivity index (χ0n) is 8.85. The first-order valence-corrected chi connectivity index (χ1v) is 5.03. The van der Waals surface area contributed by atoms with Crippen LogP contribution < -0.4 is 10.2 Å². The molecule has 0 unspecified atom stereocenters. The molecule has 1 aromatic carbocycles. The maximum Gasteiger partial charge on any atom is 0.292 e. The van der Waals surface area contributed by atoms with Gasteiger partial charge in [0.25, 0.3) is 5.69 Å². The van der Waals surface area contributed by atoms with Gasteiger partial charge in [0.15, 0.2) is 0 Å². The Hall–Kier alpha value is -2.18. The smallest absolute Gasteiger partial charge is 0.292 e. The highest BCUT2D eigenvalue weighted by Gasteiger charge is 2.24. The van der Waals surface area contributed by atoms with Gasteiger partial charge in [-0.1, -0.05) is 0 Å². The number of hydrogen-bond donors (Lipinski definition) is 1. The van der Waals surface area contributed by atoms with Gasteiger partial charge in [-0.25, -0.2) is 4.39 Å².